The van der Waals surface area contributed by atoms with Gasteiger partial charge in [-0.3, -0.25) is 5.41 Å². The zero-order valence-corrected chi connectivity index (χ0v) is 6.81. The Balaban J connectivity index is 4.19. The number of aliphatic imine (C=N–C) groups is 1. The van der Waals surface area contributed by atoms with E-state index in [-0.39, 0.29) is 0 Å². The number of hydrogen-bond acceptors (Lipinski definition) is 1. The van der Waals surface area contributed by atoms with E-state index in [1.807, 2.05) is 0 Å². The minimum atomic E-state index is 0.392. The highest BCUT2D eigenvalue weighted by atomic mass is 35.5. The molecule has 10 heavy (non-hydrogen) atoms. The summed E-state index contributed by atoms with van der Waals surface area (Å²) in [5.41, 5.74) is 0. The van der Waals surface area contributed by atoms with E-state index in [0.29, 0.717) is 11.0 Å². The molecule has 4 heteroatoms. The van der Waals surface area contributed by atoms with Crippen molar-refractivity contribution in [2.45, 2.75) is 6.92 Å². The Kier molecular flexibility index (Phi) is 3.72. The normalized spacial score (nSPS) is 10.9. The van der Waals surface area contributed by atoms with Gasteiger partial charge in [0.1, 0.15) is 17.3 Å². The van der Waals surface area contributed by atoms with Crippen molar-refractivity contribution in [3.63, 3.8) is 0 Å². The second kappa shape index (κ2) is 4.06. The maximum absolute atomic E-state index is 6.66. The molecule has 0 bridgehead atoms. The van der Waals surface area contributed by atoms with Crippen LogP contribution in [0.5, 0.6) is 0 Å². The molecule has 0 radical (unpaired) electrons. The molecule has 0 saturated heterocycles. The summed E-state index contributed by atoms with van der Waals surface area (Å²) in [4.78, 5) is 5.27. The van der Waals surface area contributed by atoms with E-state index in [9.17, 15) is 0 Å². The van der Waals surface area contributed by atoms with Gasteiger partial charge in [0.15, 0.2) is 0 Å². The van der Waals surface area contributed by atoms with Crippen LogP contribution < -0.4 is 0 Å². The van der Waals surface area contributed by atoms with Gasteiger partial charge in [-0.1, -0.05) is 18.2 Å². The Hall–Kier alpha value is -0.830. The van der Waals surface area contributed by atoms with Crippen molar-refractivity contribution >= 4 is 23.8 Å². The molecule has 3 nitrogen and oxygen atoms in total. The molecule has 0 aromatic carbocycles. The van der Waals surface area contributed by atoms with Crippen LogP contribution in [0.2, 0.25) is 0 Å². The van der Waals surface area contributed by atoms with Gasteiger partial charge in [-0.15, -0.1) is 0 Å². The van der Waals surface area contributed by atoms with Crippen molar-refractivity contribution in [2.75, 3.05) is 7.05 Å². The van der Waals surface area contributed by atoms with Crippen LogP contribution in [-0.2, 0) is 0 Å². The summed E-state index contributed by atoms with van der Waals surface area (Å²) in [6, 6.07) is 0. The Morgan fingerprint density at radius 3 is 2.60 bits per heavy atom. The van der Waals surface area contributed by atoms with Crippen LogP contribution in [0.4, 0.5) is 0 Å². The summed E-state index contributed by atoms with van der Waals surface area (Å²) < 4.78 is 0. The molecule has 0 aromatic heterocycles. The molecule has 0 spiro atoms. The summed E-state index contributed by atoms with van der Waals surface area (Å²) >= 11 is 5.53. The van der Waals surface area contributed by atoms with Crippen LogP contribution in [0.15, 0.2) is 16.7 Å². The van der Waals surface area contributed by atoms with E-state index >= 15 is 0 Å². The fraction of sp³-hybridized carbons (Fsp3) is 0.333. The first-order valence-electron chi connectivity index (χ1n) is 2.71. The lowest BCUT2D eigenvalue weighted by molar-refractivity contribution is 0.668. The van der Waals surface area contributed by atoms with Crippen LogP contribution in [0.25, 0.3) is 0 Å². The van der Waals surface area contributed by atoms with Crippen molar-refractivity contribution in [3.05, 3.63) is 11.7 Å². The van der Waals surface area contributed by atoms with Gasteiger partial charge in [0, 0.05) is 7.05 Å². The minimum absolute atomic E-state index is 0.392. The molecular weight excluding hydrogens is 150 g/mol. The zero-order chi connectivity index (χ0) is 8.15. The van der Waals surface area contributed by atoms with Crippen molar-refractivity contribution in [3.8, 4) is 0 Å². The summed E-state index contributed by atoms with van der Waals surface area (Å²) in [6.45, 7) is 5.24. The maximum Gasteiger partial charge on any atom is 0.109 e. The predicted molar refractivity (Wildman–Crippen MR) is 44.6 cm³/mol. The molecule has 0 rings (SSSR count). The third-order valence-corrected chi connectivity index (χ3v) is 1.35. The molecule has 0 fully saturated rings. The van der Waals surface area contributed by atoms with E-state index in [4.69, 9.17) is 17.0 Å². The number of amidine groups is 1. The molecule has 0 unspecified atom stereocenters. The zero-order valence-electron chi connectivity index (χ0n) is 6.06. The van der Waals surface area contributed by atoms with Crippen LogP contribution in [0, 0.1) is 5.41 Å². The van der Waals surface area contributed by atoms with Crippen molar-refractivity contribution in [1.29, 1.82) is 5.41 Å². The summed E-state index contributed by atoms with van der Waals surface area (Å²) in [6.07, 6.45) is 0.964. The second-order valence-electron chi connectivity index (χ2n) is 1.74. The average molecular weight is 160 g/mol. The van der Waals surface area contributed by atoms with Gasteiger partial charge >= 0.3 is 0 Å². The van der Waals surface area contributed by atoms with E-state index in [1.54, 1.807) is 18.9 Å². The van der Waals surface area contributed by atoms with E-state index in [2.05, 4.69) is 11.6 Å². The molecule has 0 atom stereocenters. The molecule has 0 saturated carbocycles. The van der Waals surface area contributed by atoms with Gasteiger partial charge in [-0.05, 0) is 6.92 Å². The lowest BCUT2D eigenvalue weighted by Crippen LogP contribution is -2.20. The molecular formula is C6H10ClN3. The van der Waals surface area contributed by atoms with Gasteiger partial charge in [0.05, 0.1) is 0 Å². The first-order chi connectivity index (χ1) is 4.59. The minimum Gasteiger partial charge on any atom is -0.324 e. The summed E-state index contributed by atoms with van der Waals surface area (Å²) in [5.74, 6) is 0.648. The van der Waals surface area contributed by atoms with Crippen LogP contribution >= 0.6 is 11.6 Å². The second-order valence-corrected chi connectivity index (χ2v) is 2.18. The van der Waals surface area contributed by atoms with E-state index in [1.165, 1.54) is 0 Å². The summed E-state index contributed by atoms with van der Waals surface area (Å²) in [7, 11) is 1.73. The lowest BCUT2D eigenvalue weighted by Gasteiger charge is -2.14. The quantitative estimate of drug-likeness (QED) is 0.372. The fourth-order valence-electron chi connectivity index (χ4n) is 0.356. The van der Waals surface area contributed by atoms with Crippen molar-refractivity contribution < 1.29 is 0 Å². The Bertz CT molecular complexity index is 174. The maximum atomic E-state index is 6.66. The lowest BCUT2D eigenvalue weighted by atomic mass is 10.6. The number of nitrogens with one attached hydrogen (secondary N) is 1. The third-order valence-electron chi connectivity index (χ3n) is 1.10. The highest BCUT2D eigenvalue weighted by Gasteiger charge is 1.99. The smallest absolute Gasteiger partial charge is 0.109 e. The standard InChI is InChI=1S/C6H10ClN3/c1-5(7)10(3)6(2)9-4-8/h4,8H,1H2,2-3H3. The third kappa shape index (κ3) is 2.64. The molecule has 0 heterocycles. The Morgan fingerprint density at radius 1 is 1.80 bits per heavy atom. The highest BCUT2D eigenvalue weighted by molar-refractivity contribution is 6.30. The highest BCUT2D eigenvalue weighted by Crippen LogP contribution is 2.03. The van der Waals surface area contributed by atoms with E-state index in [0.717, 1.165) is 6.34 Å². The molecule has 0 aliphatic rings. The van der Waals surface area contributed by atoms with Gasteiger partial charge in [0.25, 0.3) is 0 Å². The van der Waals surface area contributed by atoms with Crippen LogP contribution in [-0.4, -0.2) is 24.1 Å². The molecule has 0 aliphatic heterocycles. The fourth-order valence-corrected chi connectivity index (χ4v) is 0.478. The SMILES string of the molecule is C=C(Cl)N(C)C(C)=NC=N. The summed E-state index contributed by atoms with van der Waals surface area (Å²) in [5, 5.41) is 7.05. The van der Waals surface area contributed by atoms with Crippen molar-refractivity contribution in [1.82, 2.24) is 4.90 Å². The number of halogens is 1. The Morgan fingerprint density at radius 2 is 2.30 bits per heavy atom. The van der Waals surface area contributed by atoms with Gasteiger partial charge < -0.3 is 4.90 Å². The average Bonchev–Trinajstić information content (AvgIpc) is 1.87. The number of rotatable bonds is 2. The first-order valence-corrected chi connectivity index (χ1v) is 3.09. The molecule has 0 amide bonds. The van der Waals surface area contributed by atoms with E-state index < -0.39 is 0 Å². The predicted octanol–water partition coefficient (Wildman–Crippen LogP) is 1.65. The van der Waals surface area contributed by atoms with Gasteiger partial charge in [-0.25, -0.2) is 4.99 Å². The molecule has 0 aliphatic carbocycles. The number of hydrogen-bond donors (Lipinski definition) is 1. The molecule has 1 N–H and O–H groups in total. The largest absolute Gasteiger partial charge is 0.324 e. The van der Waals surface area contributed by atoms with Crippen LogP contribution in [0.3, 0.4) is 0 Å². The van der Waals surface area contributed by atoms with Crippen molar-refractivity contribution in [2.24, 2.45) is 4.99 Å². The molecule has 56 valence electrons. The Labute approximate surface area is 65.5 Å². The first kappa shape index (κ1) is 9.17. The van der Waals surface area contributed by atoms with Gasteiger partial charge in [0.2, 0.25) is 0 Å². The topological polar surface area (TPSA) is 39.5 Å². The van der Waals surface area contributed by atoms with Gasteiger partial charge in [-0.2, -0.15) is 0 Å². The molecule has 0 aromatic rings. The number of nitrogens with zero attached hydrogens (tertiary/aromatic N) is 2. The van der Waals surface area contributed by atoms with Crippen LogP contribution in [0.1, 0.15) is 6.92 Å². The monoisotopic (exact) mass is 159 g/mol.